The van der Waals surface area contributed by atoms with Crippen LogP contribution in [0.2, 0.25) is 0 Å². The van der Waals surface area contributed by atoms with Crippen molar-refractivity contribution in [1.82, 2.24) is 19.9 Å². The predicted octanol–water partition coefficient (Wildman–Crippen LogP) is 2.54. The quantitative estimate of drug-likeness (QED) is 0.594. The van der Waals surface area contributed by atoms with Crippen molar-refractivity contribution in [3.8, 4) is 11.4 Å². The van der Waals surface area contributed by atoms with Crippen molar-refractivity contribution in [2.45, 2.75) is 26.3 Å². The van der Waals surface area contributed by atoms with Crippen LogP contribution in [0.3, 0.4) is 0 Å². The Morgan fingerprint density at radius 1 is 1.19 bits per heavy atom. The smallest absolute Gasteiger partial charge is 0.254 e. The maximum Gasteiger partial charge on any atom is 0.254 e. The zero-order valence-corrected chi connectivity index (χ0v) is 18.1. The zero-order valence-electron chi connectivity index (χ0n) is 18.1. The number of benzene rings is 1. The minimum Gasteiger partial charge on any atom is -0.379 e. The standard InChI is InChI=1S/C24H27N5O3/c1-17-21(24(31)28-23(26-17)19-7-9-25-10-8-19)5-6-22(30)27-20-4-2-3-18(15-20)16-29-11-13-32-14-12-29/h2-4,7-10,15H,5-6,11-14,16H2,1H3,(H,27,30)(H,26,28,31). The minimum atomic E-state index is -0.218. The number of carbonyl (C=O) groups excluding carboxylic acids is 1. The molecule has 8 nitrogen and oxygen atoms in total. The van der Waals surface area contributed by atoms with Crippen LogP contribution < -0.4 is 10.9 Å². The molecule has 0 bridgehead atoms. The van der Waals surface area contributed by atoms with Gasteiger partial charge in [-0.25, -0.2) is 4.98 Å². The molecule has 0 saturated carbocycles. The largest absolute Gasteiger partial charge is 0.379 e. The Balaban J connectivity index is 1.36. The van der Waals surface area contributed by atoms with Gasteiger partial charge in [-0.2, -0.15) is 0 Å². The summed E-state index contributed by atoms with van der Waals surface area (Å²) < 4.78 is 5.39. The lowest BCUT2D eigenvalue weighted by Crippen LogP contribution is -2.35. The van der Waals surface area contributed by atoms with E-state index in [9.17, 15) is 9.59 Å². The van der Waals surface area contributed by atoms with E-state index in [0.717, 1.165) is 49.7 Å². The van der Waals surface area contributed by atoms with E-state index in [0.29, 0.717) is 23.5 Å². The first-order valence-corrected chi connectivity index (χ1v) is 10.8. The summed E-state index contributed by atoms with van der Waals surface area (Å²) in [6.07, 6.45) is 3.83. The third kappa shape index (κ3) is 5.66. The van der Waals surface area contributed by atoms with E-state index in [1.165, 1.54) is 0 Å². The predicted molar refractivity (Wildman–Crippen MR) is 122 cm³/mol. The lowest BCUT2D eigenvalue weighted by atomic mass is 10.1. The highest BCUT2D eigenvalue weighted by atomic mass is 16.5. The molecule has 1 saturated heterocycles. The Hall–Kier alpha value is -3.36. The van der Waals surface area contributed by atoms with E-state index in [-0.39, 0.29) is 17.9 Å². The number of H-pyrrole nitrogens is 1. The summed E-state index contributed by atoms with van der Waals surface area (Å²) >= 11 is 0. The molecule has 32 heavy (non-hydrogen) atoms. The monoisotopic (exact) mass is 433 g/mol. The molecular weight excluding hydrogens is 406 g/mol. The molecule has 1 aliphatic rings. The highest BCUT2D eigenvalue weighted by molar-refractivity contribution is 5.90. The van der Waals surface area contributed by atoms with Crippen molar-refractivity contribution in [2.75, 3.05) is 31.6 Å². The van der Waals surface area contributed by atoms with Gasteiger partial charge in [0, 0.05) is 61.0 Å². The molecule has 3 aromatic rings. The van der Waals surface area contributed by atoms with Crippen LogP contribution in [0.25, 0.3) is 11.4 Å². The number of aromatic nitrogens is 3. The molecular formula is C24H27N5O3. The summed E-state index contributed by atoms with van der Waals surface area (Å²) in [6, 6.07) is 11.5. The molecule has 166 valence electrons. The summed E-state index contributed by atoms with van der Waals surface area (Å²) in [5.41, 5.74) is 3.64. The molecule has 2 aromatic heterocycles. The Kier molecular flexibility index (Phi) is 7.03. The van der Waals surface area contributed by atoms with Crippen molar-refractivity contribution >= 4 is 11.6 Å². The summed E-state index contributed by atoms with van der Waals surface area (Å²) in [5, 5.41) is 2.94. The van der Waals surface area contributed by atoms with Gasteiger partial charge in [0.1, 0.15) is 5.82 Å². The molecule has 0 atom stereocenters. The second-order valence-electron chi connectivity index (χ2n) is 7.85. The lowest BCUT2D eigenvalue weighted by molar-refractivity contribution is -0.116. The van der Waals surface area contributed by atoms with Crippen molar-refractivity contribution in [2.24, 2.45) is 0 Å². The van der Waals surface area contributed by atoms with E-state index in [1.807, 2.05) is 18.2 Å². The number of ether oxygens (including phenoxy) is 1. The van der Waals surface area contributed by atoms with Crippen LogP contribution in [-0.2, 0) is 22.5 Å². The fourth-order valence-corrected chi connectivity index (χ4v) is 3.78. The van der Waals surface area contributed by atoms with Gasteiger partial charge in [0.05, 0.1) is 13.2 Å². The SMILES string of the molecule is Cc1nc(-c2ccncc2)[nH]c(=O)c1CCC(=O)Nc1cccc(CN2CCOCC2)c1. The number of aromatic amines is 1. The number of amides is 1. The number of hydrogen-bond donors (Lipinski definition) is 2. The molecule has 0 aliphatic carbocycles. The van der Waals surface area contributed by atoms with Gasteiger partial charge in [-0.05, 0) is 43.2 Å². The van der Waals surface area contributed by atoms with Crippen LogP contribution >= 0.6 is 0 Å². The van der Waals surface area contributed by atoms with Gasteiger partial charge in [-0.3, -0.25) is 19.5 Å². The number of hydrogen-bond acceptors (Lipinski definition) is 6. The van der Waals surface area contributed by atoms with E-state index in [1.54, 1.807) is 31.5 Å². The molecule has 0 unspecified atom stereocenters. The second kappa shape index (κ2) is 10.3. The maximum absolute atomic E-state index is 12.6. The van der Waals surface area contributed by atoms with Crippen LogP contribution in [0.5, 0.6) is 0 Å². The fraction of sp³-hybridized carbons (Fsp3) is 0.333. The maximum atomic E-state index is 12.6. The van der Waals surface area contributed by atoms with Crippen molar-refractivity contribution < 1.29 is 9.53 Å². The Bertz CT molecular complexity index is 1120. The first-order valence-electron chi connectivity index (χ1n) is 10.8. The highest BCUT2D eigenvalue weighted by Gasteiger charge is 2.13. The minimum absolute atomic E-state index is 0.134. The molecule has 8 heteroatoms. The molecule has 1 aliphatic heterocycles. The van der Waals surface area contributed by atoms with E-state index in [2.05, 4.69) is 31.2 Å². The van der Waals surface area contributed by atoms with Crippen molar-refractivity contribution in [3.63, 3.8) is 0 Å². The molecule has 0 radical (unpaired) electrons. The fourth-order valence-electron chi connectivity index (χ4n) is 3.78. The van der Waals surface area contributed by atoms with Gasteiger partial charge in [0.25, 0.3) is 5.56 Å². The summed E-state index contributed by atoms with van der Waals surface area (Å²) in [5.74, 6) is 0.366. The number of anilines is 1. The number of morpholine rings is 1. The summed E-state index contributed by atoms with van der Waals surface area (Å²) in [7, 11) is 0. The molecule has 1 amide bonds. The molecule has 4 rings (SSSR count). The van der Waals surface area contributed by atoms with Gasteiger partial charge in [0.15, 0.2) is 0 Å². The van der Waals surface area contributed by atoms with Crippen LogP contribution in [0.1, 0.15) is 23.2 Å². The van der Waals surface area contributed by atoms with Gasteiger partial charge >= 0.3 is 0 Å². The summed E-state index contributed by atoms with van der Waals surface area (Å²) in [6.45, 7) is 5.97. The second-order valence-corrected chi connectivity index (χ2v) is 7.85. The third-order valence-corrected chi connectivity index (χ3v) is 5.50. The van der Waals surface area contributed by atoms with Gasteiger partial charge in [-0.15, -0.1) is 0 Å². The topological polar surface area (TPSA) is 100 Å². The Labute approximate surface area is 186 Å². The number of aryl methyl sites for hydroxylation is 1. The Morgan fingerprint density at radius 2 is 1.97 bits per heavy atom. The van der Waals surface area contributed by atoms with E-state index >= 15 is 0 Å². The van der Waals surface area contributed by atoms with Gasteiger partial charge in [-0.1, -0.05) is 12.1 Å². The van der Waals surface area contributed by atoms with Gasteiger partial charge < -0.3 is 15.0 Å². The average molecular weight is 434 g/mol. The van der Waals surface area contributed by atoms with Crippen LogP contribution in [-0.4, -0.2) is 52.1 Å². The number of nitrogens with zero attached hydrogens (tertiary/aromatic N) is 3. The first-order chi connectivity index (χ1) is 15.6. The van der Waals surface area contributed by atoms with E-state index < -0.39 is 0 Å². The highest BCUT2D eigenvalue weighted by Crippen LogP contribution is 2.16. The molecule has 2 N–H and O–H groups in total. The summed E-state index contributed by atoms with van der Waals surface area (Å²) in [4.78, 5) is 38.7. The van der Waals surface area contributed by atoms with E-state index in [4.69, 9.17) is 4.74 Å². The van der Waals surface area contributed by atoms with Gasteiger partial charge in [0.2, 0.25) is 5.91 Å². The normalized spacial score (nSPS) is 14.3. The first kappa shape index (κ1) is 21.9. The van der Waals surface area contributed by atoms with Crippen LogP contribution in [0, 0.1) is 6.92 Å². The van der Waals surface area contributed by atoms with Crippen molar-refractivity contribution in [3.05, 3.63) is 76.0 Å². The molecule has 1 aromatic carbocycles. The number of rotatable bonds is 7. The number of pyridine rings is 1. The number of carbonyl (C=O) groups is 1. The van der Waals surface area contributed by atoms with Crippen LogP contribution in [0.15, 0.2) is 53.6 Å². The zero-order chi connectivity index (χ0) is 22.3. The molecule has 3 heterocycles. The average Bonchev–Trinajstić information content (AvgIpc) is 2.80. The number of nitrogens with one attached hydrogen (secondary N) is 2. The van der Waals surface area contributed by atoms with Crippen molar-refractivity contribution in [1.29, 1.82) is 0 Å². The third-order valence-electron chi connectivity index (χ3n) is 5.50. The lowest BCUT2D eigenvalue weighted by Gasteiger charge is -2.26. The molecule has 1 fully saturated rings. The van der Waals surface area contributed by atoms with Crippen LogP contribution in [0.4, 0.5) is 5.69 Å². The molecule has 0 spiro atoms. The Morgan fingerprint density at radius 3 is 2.72 bits per heavy atom.